The van der Waals surface area contributed by atoms with Crippen LogP contribution in [0.25, 0.3) is 0 Å². The molecule has 0 heterocycles. The third-order valence-corrected chi connectivity index (χ3v) is 3.43. The van der Waals surface area contributed by atoms with Crippen LogP contribution < -0.4 is 5.32 Å². The quantitative estimate of drug-likeness (QED) is 0.757. The van der Waals surface area contributed by atoms with Crippen LogP contribution in [0.4, 0.5) is 8.78 Å². The molecular weight excluding hydrogens is 272 g/mol. The van der Waals surface area contributed by atoms with E-state index in [1.165, 1.54) is 17.3 Å². The Morgan fingerprint density at radius 1 is 1.37 bits per heavy atom. The monoisotopic (exact) mass is 289 g/mol. The van der Waals surface area contributed by atoms with E-state index in [-0.39, 0.29) is 12.3 Å². The van der Waals surface area contributed by atoms with E-state index in [9.17, 15) is 13.6 Å². The Kier molecular flexibility index (Phi) is 6.80. The standard InChI is InChI=1S/C13H17F2NO2S/c1-9-2-4-10(5-3-9)19-7-6-12(18)16-8-11(17)13(14)15/h2-5,11,13,17H,6-8H2,1H3,(H,16,18). The number of aliphatic hydroxyl groups excluding tert-OH is 1. The van der Waals surface area contributed by atoms with Gasteiger partial charge >= 0.3 is 0 Å². The van der Waals surface area contributed by atoms with Gasteiger partial charge in [0.05, 0.1) is 0 Å². The van der Waals surface area contributed by atoms with E-state index in [0.717, 1.165) is 4.90 Å². The van der Waals surface area contributed by atoms with E-state index in [4.69, 9.17) is 5.11 Å². The number of carbonyl (C=O) groups is 1. The van der Waals surface area contributed by atoms with E-state index in [1.807, 2.05) is 31.2 Å². The van der Waals surface area contributed by atoms with Gasteiger partial charge in [-0.3, -0.25) is 4.79 Å². The summed E-state index contributed by atoms with van der Waals surface area (Å²) in [5, 5.41) is 11.1. The molecule has 0 saturated carbocycles. The van der Waals surface area contributed by atoms with Crippen LogP contribution in [0.1, 0.15) is 12.0 Å². The van der Waals surface area contributed by atoms with Gasteiger partial charge in [-0.1, -0.05) is 17.7 Å². The summed E-state index contributed by atoms with van der Waals surface area (Å²) < 4.78 is 24.0. The number of thioether (sulfide) groups is 1. The van der Waals surface area contributed by atoms with Crippen LogP contribution in [0.5, 0.6) is 0 Å². The molecule has 19 heavy (non-hydrogen) atoms. The van der Waals surface area contributed by atoms with Crippen molar-refractivity contribution in [2.45, 2.75) is 30.8 Å². The number of aryl methyl sites for hydroxylation is 1. The lowest BCUT2D eigenvalue weighted by Crippen LogP contribution is -2.35. The van der Waals surface area contributed by atoms with Gasteiger partial charge < -0.3 is 10.4 Å². The second-order valence-electron chi connectivity index (χ2n) is 4.12. The first-order valence-corrected chi connectivity index (χ1v) is 6.90. The van der Waals surface area contributed by atoms with E-state index >= 15 is 0 Å². The van der Waals surface area contributed by atoms with E-state index in [2.05, 4.69) is 5.32 Å². The molecule has 0 aromatic heterocycles. The molecule has 0 aliphatic carbocycles. The second-order valence-corrected chi connectivity index (χ2v) is 5.29. The Labute approximate surface area is 115 Å². The molecule has 6 heteroatoms. The number of rotatable bonds is 7. The average molecular weight is 289 g/mol. The molecule has 0 aliphatic rings. The summed E-state index contributed by atoms with van der Waals surface area (Å²) in [4.78, 5) is 12.4. The SMILES string of the molecule is Cc1ccc(SCCC(=O)NCC(O)C(F)F)cc1. The summed E-state index contributed by atoms with van der Waals surface area (Å²) in [7, 11) is 0. The topological polar surface area (TPSA) is 49.3 Å². The molecule has 0 saturated heterocycles. The molecule has 1 rings (SSSR count). The molecule has 0 bridgehead atoms. The highest BCUT2D eigenvalue weighted by Crippen LogP contribution is 2.18. The maximum atomic E-state index is 12.0. The van der Waals surface area contributed by atoms with Gasteiger partial charge in [0.15, 0.2) is 0 Å². The van der Waals surface area contributed by atoms with Crippen LogP contribution in [-0.4, -0.2) is 35.8 Å². The fourth-order valence-electron chi connectivity index (χ4n) is 1.29. The van der Waals surface area contributed by atoms with Crippen LogP contribution in [0.3, 0.4) is 0 Å². The number of benzene rings is 1. The van der Waals surface area contributed by atoms with E-state index in [0.29, 0.717) is 5.75 Å². The minimum atomic E-state index is -2.83. The third kappa shape index (κ3) is 6.54. The van der Waals surface area contributed by atoms with Gasteiger partial charge in [-0.15, -0.1) is 11.8 Å². The number of carbonyl (C=O) groups excluding carboxylic acids is 1. The maximum absolute atomic E-state index is 12.0. The molecule has 0 fully saturated rings. The molecule has 1 atom stereocenters. The summed E-state index contributed by atoms with van der Waals surface area (Å²) in [5.41, 5.74) is 1.17. The van der Waals surface area contributed by atoms with Crippen LogP contribution in [0.2, 0.25) is 0 Å². The molecule has 0 spiro atoms. The molecule has 1 unspecified atom stereocenters. The highest BCUT2D eigenvalue weighted by Gasteiger charge is 2.17. The Hall–Kier alpha value is -1.14. The van der Waals surface area contributed by atoms with Gasteiger partial charge in [0.25, 0.3) is 6.43 Å². The highest BCUT2D eigenvalue weighted by molar-refractivity contribution is 7.99. The fourth-order valence-corrected chi connectivity index (χ4v) is 2.14. The minimum Gasteiger partial charge on any atom is -0.385 e. The van der Waals surface area contributed by atoms with Gasteiger partial charge in [-0.2, -0.15) is 0 Å². The number of halogens is 2. The molecule has 1 aromatic rings. The van der Waals surface area contributed by atoms with Crippen LogP contribution >= 0.6 is 11.8 Å². The number of hydrogen-bond acceptors (Lipinski definition) is 3. The zero-order valence-corrected chi connectivity index (χ0v) is 11.4. The van der Waals surface area contributed by atoms with Crippen molar-refractivity contribution in [2.75, 3.05) is 12.3 Å². The molecule has 3 nitrogen and oxygen atoms in total. The molecular formula is C13H17F2NO2S. The lowest BCUT2D eigenvalue weighted by molar-refractivity contribution is -0.121. The smallest absolute Gasteiger partial charge is 0.265 e. The Bertz CT molecular complexity index is 398. The van der Waals surface area contributed by atoms with Crippen molar-refractivity contribution in [1.29, 1.82) is 0 Å². The zero-order chi connectivity index (χ0) is 14.3. The Balaban J connectivity index is 2.18. The van der Waals surface area contributed by atoms with Crippen molar-refractivity contribution in [1.82, 2.24) is 5.32 Å². The molecule has 2 N–H and O–H groups in total. The lowest BCUT2D eigenvalue weighted by Gasteiger charge is -2.10. The van der Waals surface area contributed by atoms with Crippen molar-refractivity contribution in [3.63, 3.8) is 0 Å². The van der Waals surface area contributed by atoms with Crippen molar-refractivity contribution in [3.8, 4) is 0 Å². The molecule has 1 aromatic carbocycles. The number of nitrogens with one attached hydrogen (secondary N) is 1. The van der Waals surface area contributed by atoms with E-state index < -0.39 is 19.1 Å². The predicted octanol–water partition coefficient (Wildman–Crippen LogP) is 2.22. The third-order valence-electron chi connectivity index (χ3n) is 2.42. The zero-order valence-electron chi connectivity index (χ0n) is 10.6. The predicted molar refractivity (Wildman–Crippen MR) is 71.5 cm³/mol. The van der Waals surface area contributed by atoms with Crippen LogP contribution in [0, 0.1) is 6.92 Å². The van der Waals surface area contributed by atoms with Crippen molar-refractivity contribution in [2.24, 2.45) is 0 Å². The number of aliphatic hydroxyl groups is 1. The minimum absolute atomic E-state index is 0.231. The van der Waals surface area contributed by atoms with Crippen LogP contribution in [0.15, 0.2) is 29.2 Å². The summed E-state index contributed by atoms with van der Waals surface area (Å²) in [6.45, 7) is 1.59. The normalized spacial score (nSPS) is 12.5. The fraction of sp³-hybridized carbons (Fsp3) is 0.462. The van der Waals surface area contributed by atoms with Crippen molar-refractivity contribution < 1.29 is 18.7 Å². The molecule has 1 amide bonds. The van der Waals surface area contributed by atoms with Gasteiger partial charge in [-0.05, 0) is 19.1 Å². The summed E-state index contributed by atoms with van der Waals surface area (Å²) >= 11 is 1.53. The van der Waals surface area contributed by atoms with Crippen molar-refractivity contribution >= 4 is 17.7 Å². The maximum Gasteiger partial charge on any atom is 0.265 e. The van der Waals surface area contributed by atoms with Gasteiger partial charge in [0, 0.05) is 23.6 Å². The van der Waals surface area contributed by atoms with Gasteiger partial charge in [-0.25, -0.2) is 8.78 Å². The van der Waals surface area contributed by atoms with Gasteiger partial charge in [0.2, 0.25) is 5.91 Å². The van der Waals surface area contributed by atoms with Gasteiger partial charge in [0.1, 0.15) is 6.10 Å². The second kappa shape index (κ2) is 8.12. The van der Waals surface area contributed by atoms with Crippen molar-refractivity contribution in [3.05, 3.63) is 29.8 Å². The first kappa shape index (κ1) is 15.9. The summed E-state index contributed by atoms with van der Waals surface area (Å²) in [6.07, 6.45) is -4.40. The first-order chi connectivity index (χ1) is 8.99. The Morgan fingerprint density at radius 3 is 2.58 bits per heavy atom. The Morgan fingerprint density at radius 2 is 2.00 bits per heavy atom. The van der Waals surface area contributed by atoms with Crippen LogP contribution in [-0.2, 0) is 4.79 Å². The summed E-state index contributed by atoms with van der Waals surface area (Å²) in [6, 6.07) is 7.92. The summed E-state index contributed by atoms with van der Waals surface area (Å²) in [5.74, 6) is 0.235. The highest BCUT2D eigenvalue weighted by atomic mass is 32.2. The number of alkyl halides is 2. The lowest BCUT2D eigenvalue weighted by atomic mass is 10.2. The number of hydrogen-bond donors (Lipinski definition) is 2. The molecule has 0 aliphatic heterocycles. The first-order valence-electron chi connectivity index (χ1n) is 5.91. The average Bonchev–Trinajstić information content (AvgIpc) is 2.38. The number of amides is 1. The largest absolute Gasteiger partial charge is 0.385 e. The molecule has 0 radical (unpaired) electrons. The molecule has 106 valence electrons. The van der Waals surface area contributed by atoms with E-state index in [1.54, 1.807) is 0 Å².